The zero-order valence-corrected chi connectivity index (χ0v) is 16.5. The van der Waals surface area contributed by atoms with E-state index in [0.717, 1.165) is 5.56 Å². The highest BCUT2D eigenvalue weighted by atomic mass is 16.4. The predicted octanol–water partition coefficient (Wildman–Crippen LogP) is 2.89. The summed E-state index contributed by atoms with van der Waals surface area (Å²) < 4.78 is 5.70. The van der Waals surface area contributed by atoms with Crippen LogP contribution in [-0.2, 0) is 21.5 Å². The summed E-state index contributed by atoms with van der Waals surface area (Å²) in [4.78, 5) is 40.7. The number of carbonyl (C=O) groups excluding carboxylic acids is 3. The van der Waals surface area contributed by atoms with Crippen molar-refractivity contribution in [3.05, 3.63) is 71.6 Å². The first-order valence-electron chi connectivity index (χ1n) is 9.41. The van der Waals surface area contributed by atoms with Crippen LogP contribution in [0.3, 0.4) is 0 Å². The largest absolute Gasteiger partial charge is 0.441 e. The maximum Gasteiger partial charge on any atom is 0.322 e. The Kier molecular flexibility index (Phi) is 4.83. The minimum absolute atomic E-state index is 0.0425. The van der Waals surface area contributed by atoms with E-state index in [1.807, 2.05) is 30.3 Å². The van der Waals surface area contributed by atoms with Crippen LogP contribution in [0.4, 0.5) is 10.5 Å². The molecule has 1 saturated heterocycles. The number of urea groups is 1. The molecule has 1 aliphatic heterocycles. The van der Waals surface area contributed by atoms with Gasteiger partial charge in [0.25, 0.3) is 5.91 Å². The maximum atomic E-state index is 12.6. The second-order valence-electron chi connectivity index (χ2n) is 7.23. The molecule has 2 heterocycles. The fourth-order valence-electron chi connectivity index (χ4n) is 3.31. The molecule has 3 aromatic rings. The standard InChI is InChI=1S/C22H20N4O4/c1-13-17(24-19(30-13)14-7-4-3-5-8-14)12-18(27)23-16-10-6-9-15(11-16)22(2)20(28)25-21(29)26-22/h3-11H,12H2,1-2H3,(H,23,27)(H2,25,26,28,29). The number of benzene rings is 2. The molecule has 0 spiro atoms. The first-order chi connectivity index (χ1) is 14.3. The van der Waals surface area contributed by atoms with E-state index in [4.69, 9.17) is 4.42 Å². The highest BCUT2D eigenvalue weighted by Crippen LogP contribution is 2.27. The summed E-state index contributed by atoms with van der Waals surface area (Å²) in [6.07, 6.45) is 0.0425. The molecule has 0 saturated carbocycles. The van der Waals surface area contributed by atoms with Crippen LogP contribution in [0.2, 0.25) is 0 Å². The number of carbonyl (C=O) groups is 3. The number of anilines is 1. The summed E-state index contributed by atoms with van der Waals surface area (Å²) in [5.41, 5.74) is 1.28. The van der Waals surface area contributed by atoms with Gasteiger partial charge in [-0.25, -0.2) is 9.78 Å². The number of hydrogen-bond donors (Lipinski definition) is 3. The fraction of sp³-hybridized carbons (Fsp3) is 0.182. The molecule has 1 unspecified atom stereocenters. The Balaban J connectivity index is 1.48. The van der Waals surface area contributed by atoms with Crippen molar-refractivity contribution in [1.82, 2.24) is 15.6 Å². The molecule has 8 nitrogen and oxygen atoms in total. The number of amides is 4. The van der Waals surface area contributed by atoms with Gasteiger partial charge in [-0.3, -0.25) is 14.9 Å². The van der Waals surface area contributed by atoms with Gasteiger partial charge >= 0.3 is 6.03 Å². The Morgan fingerprint density at radius 2 is 1.90 bits per heavy atom. The Hall–Kier alpha value is -3.94. The van der Waals surface area contributed by atoms with Gasteiger partial charge in [-0.2, -0.15) is 0 Å². The first-order valence-corrected chi connectivity index (χ1v) is 9.41. The molecule has 8 heteroatoms. The Bertz CT molecular complexity index is 1140. The van der Waals surface area contributed by atoms with Gasteiger partial charge in [-0.15, -0.1) is 0 Å². The van der Waals surface area contributed by atoms with E-state index in [9.17, 15) is 14.4 Å². The molecule has 152 valence electrons. The lowest BCUT2D eigenvalue weighted by Crippen LogP contribution is -2.40. The third-order valence-corrected chi connectivity index (χ3v) is 5.01. The van der Waals surface area contributed by atoms with Gasteiger partial charge in [0, 0.05) is 11.3 Å². The topological polar surface area (TPSA) is 113 Å². The molecular weight excluding hydrogens is 384 g/mol. The van der Waals surface area contributed by atoms with Crippen molar-refractivity contribution >= 4 is 23.5 Å². The third-order valence-electron chi connectivity index (χ3n) is 5.01. The number of hydrogen-bond acceptors (Lipinski definition) is 5. The van der Waals surface area contributed by atoms with Crippen LogP contribution in [-0.4, -0.2) is 22.8 Å². The zero-order valence-electron chi connectivity index (χ0n) is 16.5. The van der Waals surface area contributed by atoms with Crippen LogP contribution >= 0.6 is 0 Å². The fourth-order valence-corrected chi connectivity index (χ4v) is 3.31. The van der Waals surface area contributed by atoms with E-state index in [2.05, 4.69) is 20.9 Å². The molecule has 1 atom stereocenters. The van der Waals surface area contributed by atoms with E-state index in [-0.39, 0.29) is 12.3 Å². The average Bonchev–Trinajstić information content (AvgIpc) is 3.21. The van der Waals surface area contributed by atoms with Gasteiger partial charge in [0.2, 0.25) is 11.8 Å². The van der Waals surface area contributed by atoms with Crippen LogP contribution < -0.4 is 16.0 Å². The highest BCUT2D eigenvalue weighted by Gasteiger charge is 2.43. The molecule has 0 radical (unpaired) electrons. The highest BCUT2D eigenvalue weighted by molar-refractivity contribution is 6.07. The van der Waals surface area contributed by atoms with Gasteiger partial charge in [0.05, 0.1) is 12.1 Å². The van der Waals surface area contributed by atoms with Gasteiger partial charge in [-0.05, 0) is 43.7 Å². The molecule has 0 bridgehead atoms. The molecule has 1 aromatic heterocycles. The minimum Gasteiger partial charge on any atom is -0.441 e. The molecule has 3 N–H and O–H groups in total. The number of nitrogens with zero attached hydrogens (tertiary/aromatic N) is 1. The van der Waals surface area contributed by atoms with Gasteiger partial charge in [0.1, 0.15) is 11.3 Å². The maximum absolute atomic E-state index is 12.6. The Labute approximate surface area is 172 Å². The number of aryl methyl sites for hydroxylation is 1. The van der Waals surface area contributed by atoms with Crippen molar-refractivity contribution in [2.45, 2.75) is 25.8 Å². The predicted molar refractivity (Wildman–Crippen MR) is 109 cm³/mol. The Morgan fingerprint density at radius 1 is 1.13 bits per heavy atom. The minimum atomic E-state index is -1.19. The summed E-state index contributed by atoms with van der Waals surface area (Å²) in [5, 5.41) is 7.64. The quantitative estimate of drug-likeness (QED) is 0.566. The summed E-state index contributed by atoms with van der Waals surface area (Å²) in [7, 11) is 0. The number of rotatable bonds is 5. The van der Waals surface area contributed by atoms with Crippen LogP contribution in [0, 0.1) is 6.92 Å². The monoisotopic (exact) mass is 404 g/mol. The molecule has 4 amide bonds. The lowest BCUT2D eigenvalue weighted by molar-refractivity contribution is -0.123. The van der Waals surface area contributed by atoms with Gasteiger partial charge < -0.3 is 15.1 Å². The smallest absolute Gasteiger partial charge is 0.322 e. The molecular formula is C22H20N4O4. The van der Waals surface area contributed by atoms with E-state index in [1.165, 1.54) is 0 Å². The lowest BCUT2D eigenvalue weighted by atomic mass is 9.92. The van der Waals surface area contributed by atoms with Gasteiger partial charge in [0.15, 0.2) is 0 Å². The van der Waals surface area contributed by atoms with Crippen LogP contribution in [0.1, 0.15) is 23.9 Å². The molecule has 30 heavy (non-hydrogen) atoms. The summed E-state index contributed by atoms with van der Waals surface area (Å²) in [6.45, 7) is 3.38. The van der Waals surface area contributed by atoms with E-state index in [1.54, 1.807) is 38.1 Å². The normalized spacial score (nSPS) is 18.1. The van der Waals surface area contributed by atoms with Crippen LogP contribution in [0.5, 0.6) is 0 Å². The van der Waals surface area contributed by atoms with Gasteiger partial charge in [-0.1, -0.05) is 30.3 Å². The van der Waals surface area contributed by atoms with Crippen molar-refractivity contribution in [3.63, 3.8) is 0 Å². The zero-order chi connectivity index (χ0) is 21.3. The van der Waals surface area contributed by atoms with E-state index >= 15 is 0 Å². The Morgan fingerprint density at radius 3 is 2.60 bits per heavy atom. The summed E-state index contributed by atoms with van der Waals surface area (Å²) in [5.74, 6) is 0.334. The number of oxazole rings is 1. The number of aromatic nitrogens is 1. The average molecular weight is 404 g/mol. The van der Waals surface area contributed by atoms with Crippen molar-refractivity contribution < 1.29 is 18.8 Å². The third kappa shape index (κ3) is 3.67. The number of imide groups is 1. The van der Waals surface area contributed by atoms with E-state index < -0.39 is 17.5 Å². The molecule has 1 fully saturated rings. The van der Waals surface area contributed by atoms with Crippen molar-refractivity contribution in [2.75, 3.05) is 5.32 Å². The SMILES string of the molecule is Cc1oc(-c2ccccc2)nc1CC(=O)Nc1cccc(C2(C)NC(=O)NC2=O)c1. The van der Waals surface area contributed by atoms with Crippen molar-refractivity contribution in [2.24, 2.45) is 0 Å². The van der Waals surface area contributed by atoms with Crippen LogP contribution in [0.15, 0.2) is 59.0 Å². The van der Waals surface area contributed by atoms with Crippen molar-refractivity contribution in [3.8, 4) is 11.5 Å². The second kappa shape index (κ2) is 7.47. The lowest BCUT2D eigenvalue weighted by Gasteiger charge is -2.21. The number of nitrogens with one attached hydrogen (secondary N) is 3. The molecule has 1 aliphatic rings. The van der Waals surface area contributed by atoms with Crippen molar-refractivity contribution in [1.29, 1.82) is 0 Å². The summed E-state index contributed by atoms with van der Waals surface area (Å²) >= 11 is 0. The molecule has 0 aliphatic carbocycles. The van der Waals surface area contributed by atoms with E-state index in [0.29, 0.717) is 28.6 Å². The molecule has 2 aromatic carbocycles. The first kappa shape index (κ1) is 19.4. The second-order valence-corrected chi connectivity index (χ2v) is 7.23. The summed E-state index contributed by atoms with van der Waals surface area (Å²) in [6, 6.07) is 15.7. The van der Waals surface area contributed by atoms with Crippen LogP contribution in [0.25, 0.3) is 11.5 Å². The molecule has 4 rings (SSSR count).